The number of hydrogen-bond donors (Lipinski definition) is 0. The van der Waals surface area contributed by atoms with Gasteiger partial charge in [-0.2, -0.15) is 0 Å². The maximum Gasteiger partial charge on any atom is 0.0178 e. The Balaban J connectivity index is 1.90. The first kappa shape index (κ1) is 15.4. The topological polar surface area (TPSA) is 0 Å². The zero-order valence-electron chi connectivity index (χ0n) is 13.0. The molecule has 0 amide bonds. The Labute approximate surface area is 159 Å². The van der Waals surface area contributed by atoms with Crippen LogP contribution in [-0.2, 0) is 5.41 Å². The van der Waals surface area contributed by atoms with Crippen molar-refractivity contribution >= 4 is 38.5 Å². The summed E-state index contributed by atoms with van der Waals surface area (Å²) in [5.74, 6) is 0. The molecule has 1 aliphatic rings. The van der Waals surface area contributed by atoms with Crippen LogP contribution >= 0.6 is 38.5 Å². The molecular formula is C21H16BrI. The number of hydrogen-bond acceptors (Lipinski definition) is 0. The van der Waals surface area contributed by atoms with Crippen molar-refractivity contribution in [2.45, 2.75) is 19.3 Å². The largest absolute Gasteiger partial charge is 0.0537 e. The molecule has 3 aromatic carbocycles. The van der Waals surface area contributed by atoms with Crippen LogP contribution in [0.1, 0.15) is 25.0 Å². The molecule has 0 heterocycles. The van der Waals surface area contributed by atoms with E-state index < -0.39 is 0 Å². The molecule has 3 aromatic rings. The number of fused-ring (bicyclic) bond motifs is 3. The first-order valence-corrected chi connectivity index (χ1v) is 9.55. The molecule has 0 fully saturated rings. The second-order valence-electron chi connectivity index (χ2n) is 6.58. The Morgan fingerprint density at radius 3 is 2.00 bits per heavy atom. The highest BCUT2D eigenvalue weighted by atomic mass is 127. The monoisotopic (exact) mass is 474 g/mol. The second kappa shape index (κ2) is 5.45. The van der Waals surface area contributed by atoms with Gasteiger partial charge < -0.3 is 0 Å². The fourth-order valence-electron chi connectivity index (χ4n) is 3.53. The van der Waals surface area contributed by atoms with Crippen LogP contribution in [0.4, 0.5) is 0 Å². The normalized spacial score (nSPS) is 14.4. The van der Waals surface area contributed by atoms with Gasteiger partial charge in [-0.25, -0.2) is 0 Å². The van der Waals surface area contributed by atoms with Gasteiger partial charge in [-0.3, -0.25) is 0 Å². The van der Waals surface area contributed by atoms with E-state index in [9.17, 15) is 0 Å². The van der Waals surface area contributed by atoms with Crippen molar-refractivity contribution in [2.24, 2.45) is 0 Å². The molecule has 4 rings (SSSR count). The van der Waals surface area contributed by atoms with E-state index in [1.165, 1.54) is 37.0 Å². The van der Waals surface area contributed by atoms with E-state index >= 15 is 0 Å². The Morgan fingerprint density at radius 2 is 1.30 bits per heavy atom. The van der Waals surface area contributed by atoms with Gasteiger partial charge in [-0.1, -0.05) is 60.1 Å². The minimum atomic E-state index is 0.0354. The van der Waals surface area contributed by atoms with Crippen LogP contribution in [0, 0.1) is 3.57 Å². The third kappa shape index (κ3) is 2.47. The molecule has 0 atom stereocenters. The molecule has 0 spiro atoms. The molecule has 0 aromatic heterocycles. The molecule has 0 saturated heterocycles. The summed E-state index contributed by atoms with van der Waals surface area (Å²) in [4.78, 5) is 0. The minimum absolute atomic E-state index is 0.0354. The average Bonchev–Trinajstić information content (AvgIpc) is 2.76. The van der Waals surface area contributed by atoms with Crippen LogP contribution in [0.15, 0.2) is 65.1 Å². The summed E-state index contributed by atoms with van der Waals surface area (Å²) in [6.45, 7) is 4.64. The van der Waals surface area contributed by atoms with Gasteiger partial charge in [-0.05, 0) is 86.3 Å². The Kier molecular flexibility index (Phi) is 3.65. The number of rotatable bonds is 1. The summed E-state index contributed by atoms with van der Waals surface area (Å²) in [5, 5.41) is 0. The Bertz CT molecular complexity index is 908. The van der Waals surface area contributed by atoms with E-state index in [-0.39, 0.29) is 5.41 Å². The zero-order chi connectivity index (χ0) is 16.2. The van der Waals surface area contributed by atoms with Gasteiger partial charge in [0.2, 0.25) is 0 Å². The molecule has 0 nitrogen and oxygen atoms in total. The molecule has 23 heavy (non-hydrogen) atoms. The Morgan fingerprint density at radius 1 is 0.739 bits per heavy atom. The van der Waals surface area contributed by atoms with E-state index in [4.69, 9.17) is 0 Å². The molecule has 0 radical (unpaired) electrons. The molecule has 0 bridgehead atoms. The fraction of sp³-hybridized carbons (Fsp3) is 0.143. The van der Waals surface area contributed by atoms with Gasteiger partial charge >= 0.3 is 0 Å². The average molecular weight is 475 g/mol. The summed E-state index contributed by atoms with van der Waals surface area (Å²) in [6, 6.07) is 22.3. The molecule has 0 aliphatic heterocycles. The first-order valence-electron chi connectivity index (χ1n) is 7.68. The molecule has 1 aliphatic carbocycles. The van der Waals surface area contributed by atoms with Crippen LogP contribution in [-0.4, -0.2) is 0 Å². The summed E-state index contributed by atoms with van der Waals surface area (Å²) in [5.41, 5.74) is 8.16. The molecule has 2 heteroatoms. The lowest BCUT2D eigenvalue weighted by Crippen LogP contribution is -2.15. The van der Waals surface area contributed by atoms with E-state index in [0.29, 0.717) is 0 Å². The highest BCUT2D eigenvalue weighted by Crippen LogP contribution is 2.50. The molecule has 0 N–H and O–H groups in total. The first-order chi connectivity index (χ1) is 11.0. The third-order valence-corrected chi connectivity index (χ3v) is 6.03. The molecule has 0 unspecified atom stereocenters. The van der Waals surface area contributed by atoms with Crippen molar-refractivity contribution < 1.29 is 0 Å². The molecule has 0 saturated carbocycles. The van der Waals surface area contributed by atoms with Gasteiger partial charge in [0, 0.05) is 13.5 Å². The van der Waals surface area contributed by atoms with Gasteiger partial charge in [0.05, 0.1) is 0 Å². The van der Waals surface area contributed by atoms with Crippen molar-refractivity contribution in [1.82, 2.24) is 0 Å². The van der Waals surface area contributed by atoms with Gasteiger partial charge in [-0.15, -0.1) is 0 Å². The summed E-state index contributed by atoms with van der Waals surface area (Å²) < 4.78 is 2.42. The zero-order valence-corrected chi connectivity index (χ0v) is 16.8. The van der Waals surface area contributed by atoms with Crippen molar-refractivity contribution in [3.05, 3.63) is 79.8 Å². The summed E-state index contributed by atoms with van der Waals surface area (Å²) in [6.07, 6.45) is 0. The highest BCUT2D eigenvalue weighted by molar-refractivity contribution is 14.1. The molecule has 114 valence electrons. The lowest BCUT2D eigenvalue weighted by Gasteiger charge is -2.22. The van der Waals surface area contributed by atoms with Gasteiger partial charge in [0.25, 0.3) is 0 Å². The van der Waals surface area contributed by atoms with Crippen molar-refractivity contribution in [1.29, 1.82) is 0 Å². The lowest BCUT2D eigenvalue weighted by molar-refractivity contribution is 0.660. The fourth-order valence-corrected chi connectivity index (χ4v) is 4.25. The van der Waals surface area contributed by atoms with E-state index in [1.807, 2.05) is 0 Å². The van der Waals surface area contributed by atoms with Crippen LogP contribution in [0.5, 0.6) is 0 Å². The van der Waals surface area contributed by atoms with Crippen molar-refractivity contribution in [3.8, 4) is 22.3 Å². The summed E-state index contributed by atoms with van der Waals surface area (Å²) in [7, 11) is 0. The van der Waals surface area contributed by atoms with Crippen LogP contribution < -0.4 is 0 Å². The predicted molar refractivity (Wildman–Crippen MR) is 110 cm³/mol. The molecular weight excluding hydrogens is 459 g/mol. The van der Waals surface area contributed by atoms with Gasteiger partial charge in [0.1, 0.15) is 0 Å². The van der Waals surface area contributed by atoms with Crippen LogP contribution in [0.2, 0.25) is 0 Å². The highest BCUT2D eigenvalue weighted by Gasteiger charge is 2.35. The number of halogens is 2. The third-order valence-electron chi connectivity index (χ3n) is 4.82. The Hall–Kier alpha value is -1.13. The SMILES string of the molecule is CC1(C)c2cc(Br)ccc2-c2ccc(-c3ccc(I)cc3)cc21. The van der Waals surface area contributed by atoms with Gasteiger partial charge in [0.15, 0.2) is 0 Å². The summed E-state index contributed by atoms with van der Waals surface area (Å²) >= 11 is 5.97. The van der Waals surface area contributed by atoms with Crippen LogP contribution in [0.25, 0.3) is 22.3 Å². The van der Waals surface area contributed by atoms with E-state index in [1.54, 1.807) is 0 Å². The lowest BCUT2D eigenvalue weighted by atomic mass is 9.81. The predicted octanol–water partition coefficient (Wildman–Crippen LogP) is 7.03. The minimum Gasteiger partial charge on any atom is -0.0537 e. The van der Waals surface area contributed by atoms with Crippen molar-refractivity contribution in [2.75, 3.05) is 0 Å². The van der Waals surface area contributed by atoms with Crippen molar-refractivity contribution in [3.63, 3.8) is 0 Å². The number of benzene rings is 3. The maximum atomic E-state index is 3.62. The maximum absolute atomic E-state index is 3.62. The standard InChI is InChI=1S/C21H16BrI/c1-21(2)19-11-14(13-3-7-16(23)8-4-13)5-9-17(19)18-10-6-15(22)12-20(18)21/h3-12H,1-2H3. The second-order valence-corrected chi connectivity index (χ2v) is 8.74. The van der Waals surface area contributed by atoms with E-state index in [2.05, 4.69) is 113 Å². The van der Waals surface area contributed by atoms with E-state index in [0.717, 1.165) is 4.47 Å². The van der Waals surface area contributed by atoms with Crippen LogP contribution in [0.3, 0.4) is 0 Å². The quantitative estimate of drug-likeness (QED) is 0.332. The smallest absolute Gasteiger partial charge is 0.0178 e.